The average molecular weight is 527 g/mol. The molecule has 202 valence electrons. The predicted octanol–water partition coefficient (Wildman–Crippen LogP) is 6.27. The summed E-state index contributed by atoms with van der Waals surface area (Å²) in [6, 6.07) is 28.4. The van der Waals surface area contributed by atoms with E-state index in [-0.39, 0.29) is 12.0 Å². The third-order valence-electron chi connectivity index (χ3n) is 7.09. The van der Waals surface area contributed by atoms with Gasteiger partial charge in [-0.1, -0.05) is 54.6 Å². The van der Waals surface area contributed by atoms with Crippen molar-refractivity contribution in [1.82, 2.24) is 9.88 Å². The van der Waals surface area contributed by atoms with Crippen molar-refractivity contribution in [3.8, 4) is 5.75 Å². The molecule has 5 rings (SSSR count). The Morgan fingerprint density at radius 1 is 0.923 bits per heavy atom. The summed E-state index contributed by atoms with van der Waals surface area (Å²) in [5.41, 5.74) is 3.13. The van der Waals surface area contributed by atoms with Crippen molar-refractivity contribution in [2.45, 2.75) is 38.1 Å². The summed E-state index contributed by atoms with van der Waals surface area (Å²) in [4.78, 5) is 17.4. The second kappa shape index (κ2) is 13.2. The van der Waals surface area contributed by atoms with Crippen LogP contribution in [0.3, 0.4) is 0 Å². The van der Waals surface area contributed by atoms with Crippen molar-refractivity contribution in [2.24, 2.45) is 0 Å². The minimum atomic E-state index is -0.902. The first-order valence-electron chi connectivity index (χ1n) is 13.4. The number of aromatic nitrogens is 1. The van der Waals surface area contributed by atoms with Crippen molar-refractivity contribution in [2.75, 3.05) is 26.3 Å². The van der Waals surface area contributed by atoms with E-state index in [9.17, 15) is 9.90 Å². The molecule has 2 heterocycles. The van der Waals surface area contributed by atoms with Gasteiger partial charge in [0, 0.05) is 25.1 Å². The molecule has 1 aliphatic rings. The second-order valence-corrected chi connectivity index (χ2v) is 9.80. The number of carbonyl (C=O) groups is 1. The van der Waals surface area contributed by atoms with Crippen LogP contribution in [-0.2, 0) is 22.7 Å². The zero-order chi connectivity index (χ0) is 26.9. The number of nitrogens with zero attached hydrogens (tertiary/aromatic N) is 2. The molecule has 1 aliphatic heterocycles. The molecule has 1 aromatic heterocycles. The van der Waals surface area contributed by atoms with E-state index in [4.69, 9.17) is 14.2 Å². The minimum Gasteiger partial charge on any atom is -0.494 e. The molecule has 3 aromatic carbocycles. The highest BCUT2D eigenvalue weighted by molar-refractivity contribution is 5.82. The molecule has 0 radical (unpaired) electrons. The van der Waals surface area contributed by atoms with Gasteiger partial charge >= 0.3 is 6.09 Å². The third kappa shape index (κ3) is 7.34. The van der Waals surface area contributed by atoms with Gasteiger partial charge in [0.1, 0.15) is 5.75 Å². The van der Waals surface area contributed by atoms with E-state index in [1.165, 1.54) is 15.7 Å². The maximum Gasteiger partial charge on any atom is 0.407 e. The fourth-order valence-electron chi connectivity index (χ4n) is 4.99. The second-order valence-electron chi connectivity index (χ2n) is 9.80. The summed E-state index contributed by atoms with van der Waals surface area (Å²) in [7, 11) is 0. The monoisotopic (exact) mass is 526 g/mol. The molecule has 1 saturated heterocycles. The van der Waals surface area contributed by atoms with Crippen molar-refractivity contribution in [3.05, 3.63) is 108 Å². The summed E-state index contributed by atoms with van der Waals surface area (Å²) in [5, 5.41) is 11.9. The van der Waals surface area contributed by atoms with Crippen LogP contribution in [0.25, 0.3) is 10.8 Å². The van der Waals surface area contributed by atoms with Crippen molar-refractivity contribution in [3.63, 3.8) is 0 Å². The van der Waals surface area contributed by atoms with Gasteiger partial charge in [0.05, 0.1) is 44.8 Å². The number of benzene rings is 3. The summed E-state index contributed by atoms with van der Waals surface area (Å²) in [6.45, 7) is 2.95. The molecule has 0 bridgehead atoms. The van der Waals surface area contributed by atoms with E-state index < -0.39 is 6.09 Å². The van der Waals surface area contributed by atoms with E-state index in [1.54, 1.807) is 6.20 Å². The lowest BCUT2D eigenvalue weighted by Crippen LogP contribution is -2.46. The van der Waals surface area contributed by atoms with Gasteiger partial charge in [0.25, 0.3) is 0 Å². The Balaban J connectivity index is 1.14. The number of carboxylic acid groups (broad SMARTS) is 1. The smallest absolute Gasteiger partial charge is 0.407 e. The molecule has 2 unspecified atom stereocenters. The van der Waals surface area contributed by atoms with Crippen LogP contribution in [0.2, 0.25) is 0 Å². The lowest BCUT2D eigenvalue weighted by Gasteiger charge is -2.37. The van der Waals surface area contributed by atoms with Gasteiger partial charge in [-0.2, -0.15) is 0 Å². The average Bonchev–Trinajstić information content (AvgIpc) is 2.98. The number of hydrogen-bond acceptors (Lipinski definition) is 5. The Bertz CT molecular complexity index is 1350. The van der Waals surface area contributed by atoms with Crippen molar-refractivity contribution >= 4 is 16.9 Å². The summed E-state index contributed by atoms with van der Waals surface area (Å²) in [6.07, 6.45) is 2.13. The Hall–Kier alpha value is -3.94. The van der Waals surface area contributed by atoms with Crippen molar-refractivity contribution in [1.29, 1.82) is 0 Å². The van der Waals surface area contributed by atoms with E-state index in [0.29, 0.717) is 45.9 Å². The molecule has 1 amide bonds. The van der Waals surface area contributed by atoms with Crippen LogP contribution < -0.4 is 4.74 Å². The number of piperidine rings is 1. The Labute approximate surface area is 229 Å². The molecule has 39 heavy (non-hydrogen) atoms. The maximum atomic E-state index is 11.7. The molecule has 0 saturated carbocycles. The first-order chi connectivity index (χ1) is 19.2. The molecular formula is C32H34N2O5. The Morgan fingerprint density at radius 3 is 2.54 bits per heavy atom. The van der Waals surface area contributed by atoms with E-state index in [1.807, 2.05) is 42.5 Å². The molecular weight excluding hydrogens is 492 g/mol. The van der Waals surface area contributed by atoms with Gasteiger partial charge in [-0.05, 0) is 58.7 Å². The first kappa shape index (κ1) is 26.7. The highest BCUT2D eigenvalue weighted by atomic mass is 16.5. The molecule has 1 fully saturated rings. The van der Waals surface area contributed by atoms with Gasteiger partial charge in [-0.25, -0.2) is 4.79 Å². The van der Waals surface area contributed by atoms with Crippen LogP contribution in [0.5, 0.6) is 5.75 Å². The van der Waals surface area contributed by atoms with Crippen molar-refractivity contribution < 1.29 is 24.1 Å². The fraction of sp³-hybridized carbons (Fsp3) is 0.312. The maximum absolute atomic E-state index is 11.7. The highest BCUT2D eigenvalue weighted by Crippen LogP contribution is 2.32. The lowest BCUT2D eigenvalue weighted by molar-refractivity contribution is -0.0199. The summed E-state index contributed by atoms with van der Waals surface area (Å²) < 4.78 is 17.9. The first-order valence-corrected chi connectivity index (χ1v) is 13.4. The van der Waals surface area contributed by atoms with Gasteiger partial charge < -0.3 is 24.2 Å². The molecule has 0 aliphatic carbocycles. The topological polar surface area (TPSA) is 81.1 Å². The van der Waals surface area contributed by atoms with Crippen LogP contribution in [-0.4, -0.2) is 53.5 Å². The number of pyridine rings is 1. The minimum absolute atomic E-state index is 0.107. The normalized spacial score (nSPS) is 17.3. The lowest BCUT2D eigenvalue weighted by atomic mass is 9.87. The summed E-state index contributed by atoms with van der Waals surface area (Å²) in [5.74, 6) is 0.912. The zero-order valence-electron chi connectivity index (χ0n) is 21.9. The molecule has 0 spiro atoms. The Kier molecular flexibility index (Phi) is 9.04. The van der Waals surface area contributed by atoms with Gasteiger partial charge in [-0.3, -0.25) is 4.98 Å². The molecule has 1 N–H and O–H groups in total. The number of ether oxygens (including phenoxy) is 3. The van der Waals surface area contributed by atoms with Crippen LogP contribution >= 0.6 is 0 Å². The quantitative estimate of drug-likeness (QED) is 0.232. The molecule has 7 heteroatoms. The summed E-state index contributed by atoms with van der Waals surface area (Å²) >= 11 is 0. The number of amides is 1. The highest BCUT2D eigenvalue weighted by Gasteiger charge is 2.33. The van der Waals surface area contributed by atoms with E-state index in [0.717, 1.165) is 29.0 Å². The largest absolute Gasteiger partial charge is 0.494 e. The number of likely N-dealkylation sites (tertiary alicyclic amines) is 1. The van der Waals surface area contributed by atoms with Gasteiger partial charge in [0.15, 0.2) is 0 Å². The SMILES string of the molecule is O=C(O)N1CCC(c2ccc(OCCCOCc3ccccn3)cc2)C(OCc2ccc3ccccc3c2)C1. The fourth-order valence-corrected chi connectivity index (χ4v) is 4.99. The van der Waals surface area contributed by atoms with E-state index in [2.05, 4.69) is 47.4 Å². The van der Waals surface area contributed by atoms with Crippen LogP contribution in [0.1, 0.15) is 35.6 Å². The van der Waals surface area contributed by atoms with Crippen LogP contribution in [0.15, 0.2) is 91.1 Å². The third-order valence-corrected chi connectivity index (χ3v) is 7.09. The number of hydrogen-bond donors (Lipinski definition) is 1. The van der Waals surface area contributed by atoms with Crippen LogP contribution in [0.4, 0.5) is 4.79 Å². The van der Waals surface area contributed by atoms with Gasteiger partial charge in [-0.15, -0.1) is 0 Å². The van der Waals surface area contributed by atoms with E-state index >= 15 is 0 Å². The van der Waals surface area contributed by atoms with Crippen LogP contribution in [0, 0.1) is 0 Å². The zero-order valence-corrected chi connectivity index (χ0v) is 21.9. The van der Waals surface area contributed by atoms with Gasteiger partial charge in [0.2, 0.25) is 0 Å². The Morgan fingerprint density at radius 2 is 1.74 bits per heavy atom. The number of rotatable bonds is 11. The predicted molar refractivity (Wildman–Crippen MR) is 150 cm³/mol. The number of fused-ring (bicyclic) bond motifs is 1. The molecule has 7 nitrogen and oxygen atoms in total. The molecule has 4 aromatic rings. The standard InChI is InChI=1S/C32H34N2O5/c35-32(36)34-17-15-30(31(21-34)39-22-24-9-10-25-6-1-2-7-27(25)20-24)26-11-13-29(14-12-26)38-19-5-18-37-23-28-8-3-4-16-33-28/h1-4,6-14,16,20,30-31H,5,15,17-19,21-23H2,(H,35,36). The molecule has 2 atom stereocenters.